The van der Waals surface area contributed by atoms with Gasteiger partial charge in [-0.25, -0.2) is 0 Å². The predicted octanol–water partition coefficient (Wildman–Crippen LogP) is 5.60. The maximum absolute atomic E-state index is 11.8. The number of ether oxygens (including phenoxy) is 1. The van der Waals surface area contributed by atoms with Crippen molar-refractivity contribution in [2.45, 2.75) is 53.9 Å². The monoisotopic (exact) mass is 376 g/mol. The van der Waals surface area contributed by atoms with Crippen LogP contribution in [0.15, 0.2) is 23.2 Å². The number of benzene rings is 1. The molecule has 0 bridgehead atoms. The Bertz CT molecular complexity index is 627. The highest BCUT2D eigenvalue weighted by atomic mass is 32.1. The first-order valence-electron chi connectivity index (χ1n) is 9.40. The minimum Gasteiger partial charge on any atom is -0.466 e. The SMILES string of the molecule is CCOC(=O)CC(C)c1ccc(N(CC(C)C)CC(C)C)c(N=C=S)c1. The van der Waals surface area contributed by atoms with Crippen LogP contribution in [0.5, 0.6) is 0 Å². The summed E-state index contributed by atoms with van der Waals surface area (Å²) in [4.78, 5) is 18.4. The Labute approximate surface area is 163 Å². The number of aliphatic imine (C=N–C) groups is 1. The minimum atomic E-state index is -0.176. The number of thiocarbonyl (C=S) groups is 1. The molecule has 1 rings (SSSR count). The van der Waals surface area contributed by atoms with Gasteiger partial charge in [0, 0.05) is 13.1 Å². The summed E-state index contributed by atoms with van der Waals surface area (Å²) >= 11 is 4.86. The smallest absolute Gasteiger partial charge is 0.306 e. The molecule has 1 atom stereocenters. The van der Waals surface area contributed by atoms with Gasteiger partial charge in [-0.15, -0.1) is 0 Å². The number of carbonyl (C=O) groups is 1. The van der Waals surface area contributed by atoms with E-state index in [4.69, 9.17) is 17.0 Å². The van der Waals surface area contributed by atoms with E-state index in [0.717, 1.165) is 30.0 Å². The van der Waals surface area contributed by atoms with Gasteiger partial charge < -0.3 is 9.64 Å². The molecule has 1 aromatic carbocycles. The van der Waals surface area contributed by atoms with E-state index in [1.807, 2.05) is 19.9 Å². The zero-order valence-electron chi connectivity index (χ0n) is 16.9. The Morgan fingerprint density at radius 3 is 2.31 bits per heavy atom. The van der Waals surface area contributed by atoms with Crippen LogP contribution in [-0.2, 0) is 9.53 Å². The van der Waals surface area contributed by atoms with Gasteiger partial charge in [0.1, 0.15) is 0 Å². The van der Waals surface area contributed by atoms with E-state index in [1.165, 1.54) is 0 Å². The lowest BCUT2D eigenvalue weighted by Crippen LogP contribution is -2.31. The molecule has 0 radical (unpaired) electrons. The Balaban J connectivity index is 3.17. The van der Waals surface area contributed by atoms with Crippen molar-refractivity contribution in [3.63, 3.8) is 0 Å². The van der Waals surface area contributed by atoms with Crippen LogP contribution in [0.3, 0.4) is 0 Å². The predicted molar refractivity (Wildman–Crippen MR) is 113 cm³/mol. The fourth-order valence-corrected chi connectivity index (χ4v) is 3.09. The maximum atomic E-state index is 11.8. The highest BCUT2D eigenvalue weighted by Crippen LogP contribution is 2.34. The molecule has 4 nitrogen and oxygen atoms in total. The van der Waals surface area contributed by atoms with E-state index in [9.17, 15) is 4.79 Å². The lowest BCUT2D eigenvalue weighted by atomic mass is 9.96. The molecule has 0 aromatic heterocycles. The quantitative estimate of drug-likeness (QED) is 0.303. The third-order valence-corrected chi connectivity index (χ3v) is 4.12. The molecule has 0 aliphatic rings. The third-order valence-electron chi connectivity index (χ3n) is 4.02. The molecule has 0 N–H and O–H groups in total. The normalized spacial score (nSPS) is 12.0. The van der Waals surface area contributed by atoms with Crippen molar-refractivity contribution < 1.29 is 9.53 Å². The summed E-state index contributed by atoms with van der Waals surface area (Å²) in [5.74, 6) is 0.969. The summed E-state index contributed by atoms with van der Waals surface area (Å²) in [5.41, 5.74) is 2.94. The van der Waals surface area contributed by atoms with Crippen LogP contribution < -0.4 is 4.90 Å². The number of isothiocyanates is 1. The van der Waals surface area contributed by atoms with Gasteiger partial charge in [-0.1, -0.05) is 40.7 Å². The van der Waals surface area contributed by atoms with Gasteiger partial charge in [0.25, 0.3) is 0 Å². The molecule has 1 unspecified atom stereocenters. The van der Waals surface area contributed by atoms with Gasteiger partial charge in [0.2, 0.25) is 0 Å². The van der Waals surface area contributed by atoms with E-state index in [0.29, 0.717) is 24.9 Å². The average molecular weight is 377 g/mol. The Kier molecular flexibility index (Phi) is 9.53. The van der Waals surface area contributed by atoms with Crippen LogP contribution in [0, 0.1) is 11.8 Å². The van der Waals surface area contributed by atoms with Gasteiger partial charge in [-0.2, -0.15) is 4.99 Å². The lowest BCUT2D eigenvalue weighted by Gasteiger charge is -2.30. The number of nitrogens with zero attached hydrogens (tertiary/aromatic N) is 2. The number of hydrogen-bond acceptors (Lipinski definition) is 5. The molecule has 144 valence electrons. The number of carbonyl (C=O) groups excluding carboxylic acids is 1. The number of anilines is 1. The highest BCUT2D eigenvalue weighted by Gasteiger charge is 2.18. The molecule has 0 spiro atoms. The molecule has 0 saturated heterocycles. The molecule has 0 aliphatic heterocycles. The molecule has 0 fully saturated rings. The van der Waals surface area contributed by atoms with Gasteiger partial charge in [-0.3, -0.25) is 4.79 Å². The average Bonchev–Trinajstić information content (AvgIpc) is 2.53. The first kappa shape index (κ1) is 22.3. The Morgan fingerprint density at radius 2 is 1.81 bits per heavy atom. The number of rotatable bonds is 10. The largest absolute Gasteiger partial charge is 0.466 e. The first-order valence-corrected chi connectivity index (χ1v) is 9.81. The van der Waals surface area contributed by atoms with Crippen LogP contribution in [0.1, 0.15) is 59.4 Å². The van der Waals surface area contributed by atoms with E-state index in [1.54, 1.807) is 0 Å². The van der Waals surface area contributed by atoms with Crippen molar-refractivity contribution in [2.75, 3.05) is 24.6 Å². The number of esters is 1. The molecule has 0 saturated carbocycles. The van der Waals surface area contributed by atoms with E-state index in [2.05, 4.69) is 54.9 Å². The summed E-state index contributed by atoms with van der Waals surface area (Å²) in [6, 6.07) is 6.19. The van der Waals surface area contributed by atoms with Gasteiger partial charge in [-0.05, 0) is 54.6 Å². The van der Waals surface area contributed by atoms with Gasteiger partial charge in [0.05, 0.1) is 29.6 Å². The van der Waals surface area contributed by atoms with Crippen molar-refractivity contribution in [1.29, 1.82) is 0 Å². The molecule has 0 aliphatic carbocycles. The minimum absolute atomic E-state index is 0.0609. The Morgan fingerprint density at radius 1 is 1.19 bits per heavy atom. The van der Waals surface area contributed by atoms with Crippen LogP contribution >= 0.6 is 12.2 Å². The number of hydrogen-bond donors (Lipinski definition) is 0. The van der Waals surface area contributed by atoms with Crippen LogP contribution in [0.25, 0.3) is 0 Å². The summed E-state index contributed by atoms with van der Waals surface area (Å²) in [6.07, 6.45) is 0.357. The molecule has 26 heavy (non-hydrogen) atoms. The van der Waals surface area contributed by atoms with Crippen molar-refractivity contribution in [3.05, 3.63) is 23.8 Å². The third kappa shape index (κ3) is 7.27. The van der Waals surface area contributed by atoms with E-state index >= 15 is 0 Å². The van der Waals surface area contributed by atoms with E-state index in [-0.39, 0.29) is 11.9 Å². The van der Waals surface area contributed by atoms with Crippen molar-refractivity contribution >= 4 is 34.7 Å². The van der Waals surface area contributed by atoms with Crippen LogP contribution in [-0.4, -0.2) is 30.8 Å². The topological polar surface area (TPSA) is 41.9 Å². The van der Waals surface area contributed by atoms with E-state index < -0.39 is 0 Å². The van der Waals surface area contributed by atoms with Crippen LogP contribution in [0.2, 0.25) is 0 Å². The summed E-state index contributed by atoms with van der Waals surface area (Å²) in [6.45, 7) is 15.0. The molecule has 5 heteroatoms. The second-order valence-electron chi connectivity index (χ2n) is 7.55. The summed E-state index contributed by atoms with van der Waals surface area (Å²) in [5, 5.41) is 2.50. The molecule has 0 heterocycles. The zero-order valence-corrected chi connectivity index (χ0v) is 17.7. The van der Waals surface area contributed by atoms with Crippen molar-refractivity contribution in [3.8, 4) is 0 Å². The lowest BCUT2D eigenvalue weighted by molar-refractivity contribution is -0.143. The molecular weight excluding hydrogens is 344 g/mol. The first-order chi connectivity index (χ1) is 12.3. The molecule has 1 aromatic rings. The zero-order chi connectivity index (χ0) is 19.7. The second kappa shape index (κ2) is 11.1. The van der Waals surface area contributed by atoms with Gasteiger partial charge >= 0.3 is 5.97 Å². The van der Waals surface area contributed by atoms with Crippen molar-refractivity contribution in [1.82, 2.24) is 0 Å². The standard InChI is InChI=1S/C21H32N2O2S/c1-7-25-21(24)10-17(6)18-8-9-20(19(11-18)22-14-26)23(12-15(2)3)13-16(4)5/h8-9,11,15-17H,7,10,12-13H2,1-6H3. The maximum Gasteiger partial charge on any atom is 0.306 e. The Hall–Kier alpha value is -1.71. The summed E-state index contributed by atoms with van der Waals surface area (Å²) in [7, 11) is 0. The fourth-order valence-electron chi connectivity index (χ4n) is 2.99. The molecular formula is C21H32N2O2S. The second-order valence-corrected chi connectivity index (χ2v) is 7.74. The fraction of sp³-hybridized carbons (Fsp3) is 0.619. The van der Waals surface area contributed by atoms with Crippen LogP contribution in [0.4, 0.5) is 11.4 Å². The highest BCUT2D eigenvalue weighted by molar-refractivity contribution is 7.78. The molecule has 0 amide bonds. The van der Waals surface area contributed by atoms with Gasteiger partial charge in [0.15, 0.2) is 0 Å². The summed E-state index contributed by atoms with van der Waals surface area (Å²) < 4.78 is 5.06. The van der Waals surface area contributed by atoms with Crippen molar-refractivity contribution in [2.24, 2.45) is 16.8 Å².